The van der Waals surface area contributed by atoms with Crippen LogP contribution < -0.4 is 11.1 Å². The summed E-state index contributed by atoms with van der Waals surface area (Å²) in [6.45, 7) is 4.86. The zero-order valence-electron chi connectivity index (χ0n) is 11.6. The van der Waals surface area contributed by atoms with E-state index in [0.29, 0.717) is 11.6 Å². The fraction of sp³-hybridized carbons (Fsp3) is 0.692. The predicted octanol–water partition coefficient (Wildman–Crippen LogP) is 1.23. The van der Waals surface area contributed by atoms with Crippen molar-refractivity contribution < 1.29 is 4.79 Å². The molecule has 0 radical (unpaired) electrons. The molecule has 3 N–H and O–H groups in total. The Labute approximate surface area is 118 Å². The van der Waals surface area contributed by atoms with Gasteiger partial charge in [0.15, 0.2) is 0 Å². The number of hydrogen-bond donors (Lipinski definition) is 2. The lowest BCUT2D eigenvalue weighted by Crippen LogP contribution is -2.37. The number of carbonyl (C=O) groups excluding carboxylic acids is 1. The van der Waals surface area contributed by atoms with Crippen LogP contribution in [0, 0.1) is 5.92 Å². The van der Waals surface area contributed by atoms with Crippen LogP contribution in [0.1, 0.15) is 41.3 Å². The second-order valence-electron chi connectivity index (χ2n) is 5.32. The third-order valence-electron chi connectivity index (χ3n) is 3.53. The van der Waals surface area contributed by atoms with Crippen molar-refractivity contribution in [3.63, 3.8) is 0 Å². The highest BCUT2D eigenvalue weighted by atomic mass is 32.1. The zero-order chi connectivity index (χ0) is 13.8. The van der Waals surface area contributed by atoms with Crippen LogP contribution in [0.5, 0.6) is 0 Å². The molecule has 1 unspecified atom stereocenters. The number of amides is 1. The zero-order valence-corrected chi connectivity index (χ0v) is 12.4. The lowest BCUT2D eigenvalue weighted by molar-refractivity contribution is 0.0934. The van der Waals surface area contributed by atoms with Crippen molar-refractivity contribution in [2.24, 2.45) is 11.7 Å². The number of hydrogen-bond acceptors (Lipinski definition) is 5. The third kappa shape index (κ3) is 3.99. The first kappa shape index (κ1) is 14.4. The number of nitrogens with two attached hydrogens (primary N) is 1. The minimum atomic E-state index is -0.111. The van der Waals surface area contributed by atoms with E-state index in [4.69, 9.17) is 5.73 Å². The first-order valence-corrected chi connectivity index (χ1v) is 7.62. The summed E-state index contributed by atoms with van der Waals surface area (Å²) in [6.07, 6.45) is 2.30. The van der Waals surface area contributed by atoms with Crippen LogP contribution in [-0.2, 0) is 0 Å². The summed E-state index contributed by atoms with van der Waals surface area (Å²) in [5.74, 6) is 0.508. The first-order valence-electron chi connectivity index (χ1n) is 6.74. The molecule has 1 aliphatic rings. The molecule has 0 aliphatic carbocycles. The highest BCUT2D eigenvalue weighted by Gasteiger charge is 2.18. The second kappa shape index (κ2) is 6.45. The molecule has 1 atom stereocenters. The quantitative estimate of drug-likeness (QED) is 0.871. The summed E-state index contributed by atoms with van der Waals surface area (Å²) in [5, 5.41) is 5.57. The van der Waals surface area contributed by atoms with Gasteiger partial charge in [0.1, 0.15) is 10.7 Å². The Hall–Kier alpha value is -0.980. The second-order valence-corrected chi connectivity index (χ2v) is 6.21. The molecule has 1 amide bonds. The minimum Gasteiger partial charge on any atom is -0.350 e. The van der Waals surface area contributed by atoms with Crippen molar-refractivity contribution in [2.75, 3.05) is 26.7 Å². The van der Waals surface area contributed by atoms with Gasteiger partial charge in [0, 0.05) is 11.9 Å². The average molecular weight is 282 g/mol. The molecular formula is C13H22N4OS. The minimum absolute atomic E-state index is 0.0814. The summed E-state index contributed by atoms with van der Waals surface area (Å²) in [6, 6.07) is -0.111. The third-order valence-corrected chi connectivity index (χ3v) is 4.58. The summed E-state index contributed by atoms with van der Waals surface area (Å²) < 4.78 is 0. The number of nitrogens with zero attached hydrogens (tertiary/aromatic N) is 2. The molecule has 0 aromatic carbocycles. The molecule has 106 valence electrons. The topological polar surface area (TPSA) is 71.2 Å². The standard InChI is InChI=1S/C13H22N4OS/c1-9(14)13-16-11(8-19-13)12(18)15-7-10-3-5-17(2)6-4-10/h8-10H,3-7,14H2,1-2H3,(H,15,18). The Balaban J connectivity index is 1.80. The average Bonchev–Trinajstić information content (AvgIpc) is 2.87. The Morgan fingerprint density at radius 2 is 2.32 bits per heavy atom. The van der Waals surface area contributed by atoms with Crippen LogP contribution in [0.2, 0.25) is 0 Å². The van der Waals surface area contributed by atoms with E-state index >= 15 is 0 Å². The van der Waals surface area contributed by atoms with Gasteiger partial charge in [0.25, 0.3) is 5.91 Å². The summed E-state index contributed by atoms with van der Waals surface area (Å²) in [4.78, 5) is 18.6. The van der Waals surface area contributed by atoms with Gasteiger partial charge in [-0.25, -0.2) is 4.98 Å². The maximum atomic E-state index is 12.0. The molecule has 1 fully saturated rings. The van der Waals surface area contributed by atoms with Crippen molar-refractivity contribution in [3.8, 4) is 0 Å². The van der Waals surface area contributed by atoms with E-state index in [1.807, 2.05) is 6.92 Å². The maximum Gasteiger partial charge on any atom is 0.270 e. The molecule has 1 aromatic heterocycles. The van der Waals surface area contributed by atoms with Crippen molar-refractivity contribution in [1.29, 1.82) is 0 Å². The van der Waals surface area contributed by atoms with Gasteiger partial charge in [-0.1, -0.05) is 0 Å². The molecule has 0 bridgehead atoms. The van der Waals surface area contributed by atoms with Gasteiger partial charge < -0.3 is 16.0 Å². The van der Waals surface area contributed by atoms with E-state index in [-0.39, 0.29) is 11.9 Å². The monoisotopic (exact) mass is 282 g/mol. The lowest BCUT2D eigenvalue weighted by atomic mass is 9.97. The molecule has 1 aromatic rings. The van der Waals surface area contributed by atoms with Gasteiger partial charge >= 0.3 is 0 Å². The molecule has 0 spiro atoms. The number of piperidine rings is 1. The molecule has 2 rings (SSSR count). The summed E-state index contributed by atoms with van der Waals surface area (Å²) in [5.41, 5.74) is 6.23. The highest BCUT2D eigenvalue weighted by molar-refractivity contribution is 7.09. The fourth-order valence-electron chi connectivity index (χ4n) is 2.19. The molecular weight excluding hydrogens is 260 g/mol. The Bertz CT molecular complexity index is 424. The molecule has 0 saturated carbocycles. The van der Waals surface area contributed by atoms with Gasteiger partial charge in [-0.2, -0.15) is 0 Å². The van der Waals surface area contributed by atoms with E-state index < -0.39 is 0 Å². The lowest BCUT2D eigenvalue weighted by Gasteiger charge is -2.28. The molecule has 19 heavy (non-hydrogen) atoms. The highest BCUT2D eigenvalue weighted by Crippen LogP contribution is 2.17. The molecule has 5 nitrogen and oxygen atoms in total. The Morgan fingerprint density at radius 1 is 1.63 bits per heavy atom. The summed E-state index contributed by atoms with van der Waals surface area (Å²) >= 11 is 1.44. The van der Waals surface area contributed by atoms with Crippen LogP contribution in [0.15, 0.2) is 5.38 Å². The molecule has 1 saturated heterocycles. The van der Waals surface area contributed by atoms with Gasteiger partial charge in [0.2, 0.25) is 0 Å². The van der Waals surface area contributed by atoms with Gasteiger partial charge in [-0.05, 0) is 45.8 Å². The van der Waals surface area contributed by atoms with E-state index in [2.05, 4.69) is 22.2 Å². The molecule has 1 aliphatic heterocycles. The normalized spacial score (nSPS) is 19.3. The van der Waals surface area contributed by atoms with Crippen LogP contribution in [-0.4, -0.2) is 42.5 Å². The number of rotatable bonds is 4. The van der Waals surface area contributed by atoms with Crippen molar-refractivity contribution >= 4 is 17.2 Å². The number of nitrogens with one attached hydrogen (secondary N) is 1. The first-order chi connectivity index (χ1) is 9.06. The van der Waals surface area contributed by atoms with E-state index in [9.17, 15) is 4.79 Å². The molecule has 6 heteroatoms. The van der Waals surface area contributed by atoms with Gasteiger partial charge in [0.05, 0.1) is 6.04 Å². The number of carbonyl (C=O) groups is 1. The predicted molar refractivity (Wildman–Crippen MR) is 77.3 cm³/mol. The van der Waals surface area contributed by atoms with Crippen molar-refractivity contribution in [1.82, 2.24) is 15.2 Å². The molecule has 2 heterocycles. The van der Waals surface area contributed by atoms with Crippen LogP contribution in [0.3, 0.4) is 0 Å². The van der Waals surface area contributed by atoms with Crippen LogP contribution in [0.4, 0.5) is 0 Å². The van der Waals surface area contributed by atoms with E-state index in [1.165, 1.54) is 11.3 Å². The smallest absolute Gasteiger partial charge is 0.270 e. The van der Waals surface area contributed by atoms with Gasteiger partial charge in [-0.3, -0.25) is 4.79 Å². The SMILES string of the molecule is CC(N)c1nc(C(=O)NCC2CCN(C)CC2)cs1. The Morgan fingerprint density at radius 3 is 2.89 bits per heavy atom. The largest absolute Gasteiger partial charge is 0.350 e. The van der Waals surface area contributed by atoms with E-state index in [0.717, 1.165) is 37.5 Å². The van der Waals surface area contributed by atoms with Gasteiger partial charge in [-0.15, -0.1) is 11.3 Å². The van der Waals surface area contributed by atoms with Crippen molar-refractivity contribution in [2.45, 2.75) is 25.8 Å². The number of aromatic nitrogens is 1. The number of likely N-dealkylation sites (tertiary alicyclic amines) is 1. The van der Waals surface area contributed by atoms with Crippen LogP contribution in [0.25, 0.3) is 0 Å². The number of thiazole rings is 1. The maximum absolute atomic E-state index is 12.0. The Kier molecular flexibility index (Phi) is 4.90. The van der Waals surface area contributed by atoms with E-state index in [1.54, 1.807) is 5.38 Å². The van der Waals surface area contributed by atoms with Crippen molar-refractivity contribution in [3.05, 3.63) is 16.1 Å². The van der Waals surface area contributed by atoms with Crippen LogP contribution >= 0.6 is 11.3 Å². The fourth-order valence-corrected chi connectivity index (χ4v) is 2.95. The summed E-state index contributed by atoms with van der Waals surface area (Å²) in [7, 11) is 2.14.